The van der Waals surface area contributed by atoms with Crippen molar-refractivity contribution in [1.29, 1.82) is 0 Å². The van der Waals surface area contributed by atoms with E-state index in [4.69, 9.17) is 9.47 Å². The molecule has 28 heavy (non-hydrogen) atoms. The van der Waals surface area contributed by atoms with Gasteiger partial charge in [0.25, 0.3) is 5.56 Å². The van der Waals surface area contributed by atoms with Crippen LogP contribution in [0.5, 0.6) is 0 Å². The molecule has 1 aliphatic rings. The highest BCUT2D eigenvalue weighted by Crippen LogP contribution is 2.35. The van der Waals surface area contributed by atoms with Crippen molar-refractivity contribution in [1.82, 2.24) is 9.55 Å². The predicted molar refractivity (Wildman–Crippen MR) is 107 cm³/mol. The number of nitrogens with zero attached hydrogens (tertiary/aromatic N) is 2. The monoisotopic (exact) mass is 406 g/mol. The fraction of sp³-hybridized carbons (Fsp3) is 0.600. The summed E-state index contributed by atoms with van der Waals surface area (Å²) in [5.74, 6) is -0.694. The van der Waals surface area contributed by atoms with E-state index < -0.39 is 11.9 Å². The maximum absolute atomic E-state index is 13.3. The van der Waals surface area contributed by atoms with Crippen molar-refractivity contribution in [3.8, 4) is 0 Å². The average Bonchev–Trinajstić information content (AvgIpc) is 2.99. The molecular formula is C20H26N2O5S. The van der Waals surface area contributed by atoms with Crippen molar-refractivity contribution < 1.29 is 19.1 Å². The first kappa shape index (κ1) is 20.5. The second-order valence-electron chi connectivity index (χ2n) is 7.66. The number of fused-ring (bicyclic) bond motifs is 3. The van der Waals surface area contributed by atoms with Gasteiger partial charge < -0.3 is 9.47 Å². The third-order valence-electron chi connectivity index (χ3n) is 4.74. The molecule has 7 nitrogen and oxygen atoms in total. The fourth-order valence-electron chi connectivity index (χ4n) is 3.36. The van der Waals surface area contributed by atoms with Crippen LogP contribution < -0.4 is 5.56 Å². The van der Waals surface area contributed by atoms with Gasteiger partial charge in [0.2, 0.25) is 5.82 Å². The van der Waals surface area contributed by atoms with Crippen LogP contribution in [0.1, 0.15) is 55.2 Å². The van der Waals surface area contributed by atoms with E-state index in [0.717, 1.165) is 34.3 Å². The number of thiophene rings is 1. The minimum atomic E-state index is -0.710. The Bertz CT molecular complexity index is 960. The largest absolute Gasteiger partial charge is 0.464 e. The van der Waals surface area contributed by atoms with Crippen LogP contribution in [0, 0.1) is 11.8 Å². The standard InChI is InChI=1S/C20H26N2O5S/c1-5-26-20(25)17-21-18-16(13-7-6-12(4)8-14(13)28-18)19(24)22(17)9-15(23)27-10-11(2)3/h11-12H,5-10H2,1-4H3. The number of hydrogen-bond acceptors (Lipinski definition) is 7. The third-order valence-corrected chi connectivity index (χ3v) is 5.89. The Hall–Kier alpha value is -2.22. The predicted octanol–water partition coefficient (Wildman–Crippen LogP) is 2.96. The molecule has 0 N–H and O–H groups in total. The van der Waals surface area contributed by atoms with Crippen LogP contribution in [0.25, 0.3) is 10.2 Å². The van der Waals surface area contributed by atoms with E-state index in [9.17, 15) is 14.4 Å². The number of carbonyl (C=O) groups excluding carboxylic acids is 2. The Kier molecular flexibility index (Phi) is 6.17. The van der Waals surface area contributed by atoms with Gasteiger partial charge in [-0.1, -0.05) is 20.8 Å². The lowest BCUT2D eigenvalue weighted by Gasteiger charge is -2.17. The lowest BCUT2D eigenvalue weighted by atomic mass is 9.89. The van der Waals surface area contributed by atoms with Gasteiger partial charge in [-0.2, -0.15) is 0 Å². The average molecular weight is 407 g/mol. The van der Waals surface area contributed by atoms with E-state index in [1.807, 2.05) is 13.8 Å². The Morgan fingerprint density at radius 3 is 2.75 bits per heavy atom. The van der Waals surface area contributed by atoms with Gasteiger partial charge in [-0.15, -0.1) is 11.3 Å². The molecule has 2 aromatic rings. The summed E-state index contributed by atoms with van der Waals surface area (Å²) in [6.45, 7) is 7.77. The van der Waals surface area contributed by atoms with E-state index in [-0.39, 0.29) is 37.1 Å². The van der Waals surface area contributed by atoms with Crippen molar-refractivity contribution >= 4 is 33.5 Å². The molecule has 0 aliphatic heterocycles. The highest BCUT2D eigenvalue weighted by molar-refractivity contribution is 7.18. The van der Waals surface area contributed by atoms with Gasteiger partial charge in [-0.25, -0.2) is 9.78 Å². The molecule has 2 heterocycles. The molecule has 8 heteroatoms. The Labute approximate surface area is 167 Å². The second-order valence-corrected chi connectivity index (χ2v) is 8.74. The molecule has 0 saturated carbocycles. The summed E-state index contributed by atoms with van der Waals surface area (Å²) in [5.41, 5.74) is 0.636. The number of aromatic nitrogens is 2. The van der Waals surface area contributed by atoms with Crippen LogP contribution in [0.4, 0.5) is 0 Å². The first-order chi connectivity index (χ1) is 13.3. The molecule has 2 aromatic heterocycles. The van der Waals surface area contributed by atoms with Crippen LogP contribution >= 0.6 is 11.3 Å². The highest BCUT2D eigenvalue weighted by atomic mass is 32.1. The van der Waals surface area contributed by atoms with Crippen molar-refractivity contribution in [3.63, 3.8) is 0 Å². The molecule has 0 spiro atoms. The van der Waals surface area contributed by atoms with E-state index >= 15 is 0 Å². The SMILES string of the molecule is CCOC(=O)c1nc2sc3c(c2c(=O)n1CC(=O)OCC(C)C)CCC(C)C3. The molecular weight excluding hydrogens is 380 g/mol. The van der Waals surface area contributed by atoms with Gasteiger partial charge in [-0.3, -0.25) is 14.2 Å². The molecule has 1 unspecified atom stereocenters. The van der Waals surface area contributed by atoms with Crippen LogP contribution in [0.15, 0.2) is 4.79 Å². The Morgan fingerprint density at radius 1 is 1.32 bits per heavy atom. The first-order valence-corrected chi connectivity index (χ1v) is 10.5. The molecule has 0 saturated heterocycles. The van der Waals surface area contributed by atoms with E-state index in [2.05, 4.69) is 11.9 Å². The second kappa shape index (κ2) is 8.43. The van der Waals surface area contributed by atoms with Crippen LogP contribution in [-0.2, 0) is 33.7 Å². The van der Waals surface area contributed by atoms with Gasteiger partial charge in [0, 0.05) is 4.88 Å². The maximum Gasteiger partial charge on any atom is 0.374 e. The molecule has 1 atom stereocenters. The topological polar surface area (TPSA) is 87.5 Å². The highest BCUT2D eigenvalue weighted by Gasteiger charge is 2.27. The van der Waals surface area contributed by atoms with Crippen LogP contribution in [-0.4, -0.2) is 34.7 Å². The van der Waals surface area contributed by atoms with Crippen molar-refractivity contribution in [2.24, 2.45) is 11.8 Å². The van der Waals surface area contributed by atoms with Crippen molar-refractivity contribution in [3.05, 3.63) is 26.6 Å². The number of rotatable bonds is 6. The summed E-state index contributed by atoms with van der Waals surface area (Å²) in [4.78, 5) is 44.0. The zero-order chi connectivity index (χ0) is 20.4. The van der Waals surface area contributed by atoms with Gasteiger partial charge in [-0.05, 0) is 43.6 Å². The molecule has 0 fully saturated rings. The Balaban J connectivity index is 2.09. The quantitative estimate of drug-likeness (QED) is 0.686. The smallest absolute Gasteiger partial charge is 0.374 e. The summed E-state index contributed by atoms with van der Waals surface area (Å²) in [5, 5.41) is 0.525. The van der Waals surface area contributed by atoms with E-state index in [0.29, 0.717) is 16.1 Å². The first-order valence-electron chi connectivity index (χ1n) is 9.69. The van der Waals surface area contributed by atoms with Crippen LogP contribution in [0.2, 0.25) is 0 Å². The number of carbonyl (C=O) groups is 2. The molecule has 1 aliphatic carbocycles. The minimum Gasteiger partial charge on any atom is -0.464 e. The van der Waals surface area contributed by atoms with Gasteiger partial charge in [0.05, 0.1) is 18.6 Å². The van der Waals surface area contributed by atoms with E-state index in [1.54, 1.807) is 6.92 Å². The van der Waals surface area contributed by atoms with Gasteiger partial charge in [0.15, 0.2) is 0 Å². The number of ether oxygens (including phenoxy) is 2. The zero-order valence-electron chi connectivity index (χ0n) is 16.7. The molecule has 152 valence electrons. The van der Waals surface area contributed by atoms with Crippen LogP contribution in [0.3, 0.4) is 0 Å². The molecule has 0 aromatic carbocycles. The zero-order valence-corrected chi connectivity index (χ0v) is 17.6. The molecule has 0 radical (unpaired) electrons. The number of hydrogen-bond donors (Lipinski definition) is 0. The lowest BCUT2D eigenvalue weighted by Crippen LogP contribution is -2.32. The summed E-state index contributed by atoms with van der Waals surface area (Å²) in [6, 6.07) is 0. The lowest BCUT2D eigenvalue weighted by molar-refractivity contribution is -0.145. The molecule has 3 rings (SSSR count). The minimum absolute atomic E-state index is 0.146. The Morgan fingerprint density at radius 2 is 2.07 bits per heavy atom. The summed E-state index contributed by atoms with van der Waals surface area (Å²) >= 11 is 1.46. The summed E-state index contributed by atoms with van der Waals surface area (Å²) in [7, 11) is 0. The third kappa shape index (κ3) is 4.11. The van der Waals surface area contributed by atoms with Gasteiger partial charge >= 0.3 is 11.9 Å². The van der Waals surface area contributed by atoms with E-state index in [1.165, 1.54) is 11.3 Å². The molecule has 0 amide bonds. The van der Waals surface area contributed by atoms with Crippen molar-refractivity contribution in [2.75, 3.05) is 13.2 Å². The van der Waals surface area contributed by atoms with Gasteiger partial charge in [0.1, 0.15) is 11.4 Å². The normalized spacial score (nSPS) is 16.2. The van der Waals surface area contributed by atoms with Crippen molar-refractivity contribution in [2.45, 2.75) is 53.5 Å². The maximum atomic E-state index is 13.3. The number of aryl methyl sites for hydroxylation is 1. The molecule has 0 bridgehead atoms. The summed E-state index contributed by atoms with van der Waals surface area (Å²) < 4.78 is 11.4. The fourth-order valence-corrected chi connectivity index (χ4v) is 4.73. The number of esters is 2. The summed E-state index contributed by atoms with van der Waals surface area (Å²) in [6.07, 6.45) is 2.72.